The van der Waals surface area contributed by atoms with Gasteiger partial charge in [-0.15, -0.1) is 11.3 Å². The molecule has 1 rings (SSSR count). The van der Waals surface area contributed by atoms with Gasteiger partial charge in [-0.2, -0.15) is 0 Å². The Morgan fingerprint density at radius 2 is 2.25 bits per heavy atom. The van der Waals surface area contributed by atoms with Gasteiger partial charge in [0.05, 0.1) is 12.5 Å². The van der Waals surface area contributed by atoms with Crippen molar-refractivity contribution in [3.05, 3.63) is 16.1 Å². The largest absolute Gasteiger partial charge is 0.481 e. The summed E-state index contributed by atoms with van der Waals surface area (Å²) in [6.07, 6.45) is -0.139. The van der Waals surface area contributed by atoms with E-state index < -0.39 is 5.97 Å². The number of carboxylic acids is 1. The molecule has 0 saturated heterocycles. The molecule has 1 aromatic heterocycles. The Labute approximate surface area is 97.5 Å². The van der Waals surface area contributed by atoms with Gasteiger partial charge in [0.2, 0.25) is 5.91 Å². The molecular weight excluding hydrogens is 228 g/mol. The molecule has 0 aliphatic rings. The third-order valence-corrected chi connectivity index (χ3v) is 3.10. The van der Waals surface area contributed by atoms with Crippen molar-refractivity contribution in [2.45, 2.75) is 32.7 Å². The topological polar surface area (TPSA) is 79.3 Å². The Bertz CT molecular complexity index is 389. The van der Waals surface area contributed by atoms with Crippen molar-refractivity contribution in [1.29, 1.82) is 0 Å². The number of aryl methyl sites for hydroxylation is 1. The molecule has 1 unspecified atom stereocenters. The fraction of sp³-hybridized carbons (Fsp3) is 0.500. The van der Waals surface area contributed by atoms with Crippen LogP contribution in [0.1, 0.15) is 36.5 Å². The minimum atomic E-state index is -0.965. The first-order valence-electron chi connectivity index (χ1n) is 4.92. The molecule has 0 bridgehead atoms. The number of nitrogens with one attached hydrogen (secondary N) is 1. The molecular formula is C10H14N2O3S. The van der Waals surface area contributed by atoms with Gasteiger partial charge in [-0.1, -0.05) is 0 Å². The Hall–Kier alpha value is -1.43. The van der Waals surface area contributed by atoms with E-state index in [1.165, 1.54) is 11.3 Å². The molecule has 0 radical (unpaired) electrons. The molecule has 1 atom stereocenters. The smallest absolute Gasteiger partial charge is 0.303 e. The highest BCUT2D eigenvalue weighted by atomic mass is 32.1. The molecule has 0 aromatic carbocycles. The minimum Gasteiger partial charge on any atom is -0.481 e. The standard InChI is InChI=1S/C10H14N2O3S/c1-6-5-16-10(11-6)7(2)12-8(13)3-4-9(14)15/h5,7H,3-4H2,1-2H3,(H,12,13)(H,14,15). The maximum absolute atomic E-state index is 11.3. The van der Waals surface area contributed by atoms with Crippen LogP contribution < -0.4 is 5.32 Å². The van der Waals surface area contributed by atoms with Crippen LogP contribution in [-0.4, -0.2) is 22.0 Å². The highest BCUT2D eigenvalue weighted by Gasteiger charge is 2.13. The van der Waals surface area contributed by atoms with Crippen LogP contribution in [0.2, 0.25) is 0 Å². The Morgan fingerprint density at radius 3 is 2.75 bits per heavy atom. The van der Waals surface area contributed by atoms with E-state index in [9.17, 15) is 9.59 Å². The summed E-state index contributed by atoms with van der Waals surface area (Å²) in [6, 6.07) is -0.167. The number of hydrogen-bond donors (Lipinski definition) is 2. The molecule has 88 valence electrons. The number of hydrogen-bond acceptors (Lipinski definition) is 4. The van der Waals surface area contributed by atoms with Crippen LogP contribution in [0.3, 0.4) is 0 Å². The van der Waals surface area contributed by atoms with E-state index in [4.69, 9.17) is 5.11 Å². The lowest BCUT2D eigenvalue weighted by Crippen LogP contribution is -2.26. The van der Waals surface area contributed by atoms with Crippen LogP contribution in [0, 0.1) is 6.92 Å². The summed E-state index contributed by atoms with van der Waals surface area (Å²) in [5.74, 6) is -1.23. The van der Waals surface area contributed by atoms with Crippen LogP contribution in [0.15, 0.2) is 5.38 Å². The van der Waals surface area contributed by atoms with Crippen molar-refractivity contribution in [1.82, 2.24) is 10.3 Å². The summed E-state index contributed by atoms with van der Waals surface area (Å²) >= 11 is 1.48. The van der Waals surface area contributed by atoms with Crippen molar-refractivity contribution in [3.63, 3.8) is 0 Å². The van der Waals surface area contributed by atoms with Gasteiger partial charge in [0.1, 0.15) is 5.01 Å². The average Bonchev–Trinajstić information content (AvgIpc) is 2.62. The van der Waals surface area contributed by atoms with Crippen LogP contribution >= 0.6 is 11.3 Å². The third kappa shape index (κ3) is 3.98. The number of aromatic nitrogens is 1. The zero-order valence-corrected chi connectivity index (χ0v) is 10.0. The molecule has 0 fully saturated rings. The summed E-state index contributed by atoms with van der Waals surface area (Å²) in [5, 5.41) is 13.9. The number of carboxylic acid groups (broad SMARTS) is 1. The first-order valence-corrected chi connectivity index (χ1v) is 5.80. The van der Waals surface area contributed by atoms with E-state index in [-0.39, 0.29) is 24.8 Å². The first-order chi connectivity index (χ1) is 7.49. The normalized spacial score (nSPS) is 12.1. The number of aliphatic carboxylic acids is 1. The van der Waals surface area contributed by atoms with Gasteiger partial charge in [-0.05, 0) is 13.8 Å². The highest BCUT2D eigenvalue weighted by Crippen LogP contribution is 2.17. The predicted octanol–water partition coefficient (Wildman–Crippen LogP) is 1.49. The van der Waals surface area contributed by atoms with Gasteiger partial charge in [0, 0.05) is 17.5 Å². The van der Waals surface area contributed by atoms with Crippen molar-refractivity contribution in [2.24, 2.45) is 0 Å². The van der Waals surface area contributed by atoms with E-state index in [1.54, 1.807) is 0 Å². The fourth-order valence-electron chi connectivity index (χ4n) is 1.17. The van der Waals surface area contributed by atoms with Gasteiger partial charge in [0.25, 0.3) is 0 Å². The van der Waals surface area contributed by atoms with Gasteiger partial charge < -0.3 is 10.4 Å². The number of amides is 1. The number of rotatable bonds is 5. The second-order valence-electron chi connectivity index (χ2n) is 3.51. The molecule has 1 heterocycles. The van der Waals surface area contributed by atoms with Crippen molar-refractivity contribution in [3.8, 4) is 0 Å². The molecule has 2 N–H and O–H groups in total. The maximum Gasteiger partial charge on any atom is 0.303 e. The lowest BCUT2D eigenvalue weighted by molar-refractivity contribution is -0.138. The van der Waals surface area contributed by atoms with E-state index in [0.29, 0.717) is 0 Å². The van der Waals surface area contributed by atoms with E-state index in [0.717, 1.165) is 10.7 Å². The lowest BCUT2D eigenvalue weighted by Gasteiger charge is -2.10. The minimum absolute atomic E-state index is 0.00400. The monoisotopic (exact) mass is 242 g/mol. The third-order valence-electron chi connectivity index (χ3n) is 1.95. The van der Waals surface area contributed by atoms with Gasteiger partial charge in [-0.25, -0.2) is 4.98 Å². The van der Waals surface area contributed by atoms with Crippen LogP contribution in [-0.2, 0) is 9.59 Å². The maximum atomic E-state index is 11.3. The molecule has 1 amide bonds. The van der Waals surface area contributed by atoms with Gasteiger partial charge in [0.15, 0.2) is 0 Å². The molecule has 16 heavy (non-hydrogen) atoms. The van der Waals surface area contributed by atoms with Gasteiger partial charge in [-0.3, -0.25) is 9.59 Å². The van der Waals surface area contributed by atoms with Crippen molar-refractivity contribution in [2.75, 3.05) is 0 Å². The summed E-state index contributed by atoms with van der Waals surface area (Å²) in [4.78, 5) is 25.9. The molecule has 6 heteroatoms. The number of nitrogens with zero attached hydrogens (tertiary/aromatic N) is 1. The molecule has 0 saturated carbocycles. The zero-order valence-electron chi connectivity index (χ0n) is 9.19. The Kier molecular flexibility index (Phi) is 4.42. The summed E-state index contributed by atoms with van der Waals surface area (Å²) in [5.41, 5.74) is 0.923. The van der Waals surface area contributed by atoms with Crippen LogP contribution in [0.4, 0.5) is 0 Å². The summed E-state index contributed by atoms with van der Waals surface area (Å²) in [6.45, 7) is 3.72. The molecule has 0 spiro atoms. The Morgan fingerprint density at radius 1 is 1.56 bits per heavy atom. The van der Waals surface area contributed by atoms with Gasteiger partial charge >= 0.3 is 5.97 Å². The SMILES string of the molecule is Cc1csc(C(C)NC(=O)CCC(=O)O)n1. The predicted molar refractivity (Wildman–Crippen MR) is 60.3 cm³/mol. The zero-order chi connectivity index (χ0) is 12.1. The first kappa shape index (κ1) is 12.6. The number of carbonyl (C=O) groups is 2. The second kappa shape index (κ2) is 5.60. The summed E-state index contributed by atoms with van der Waals surface area (Å²) < 4.78 is 0. The molecule has 0 aliphatic heterocycles. The fourth-order valence-corrected chi connectivity index (χ4v) is 1.97. The lowest BCUT2D eigenvalue weighted by atomic mass is 10.2. The quantitative estimate of drug-likeness (QED) is 0.820. The van der Waals surface area contributed by atoms with E-state index in [2.05, 4.69) is 10.3 Å². The van der Waals surface area contributed by atoms with Crippen LogP contribution in [0.5, 0.6) is 0 Å². The van der Waals surface area contributed by atoms with E-state index >= 15 is 0 Å². The Balaban J connectivity index is 2.42. The molecule has 0 aliphatic carbocycles. The highest BCUT2D eigenvalue weighted by molar-refractivity contribution is 7.09. The van der Waals surface area contributed by atoms with Crippen LogP contribution in [0.25, 0.3) is 0 Å². The average molecular weight is 242 g/mol. The summed E-state index contributed by atoms with van der Waals surface area (Å²) in [7, 11) is 0. The number of carbonyl (C=O) groups excluding carboxylic acids is 1. The van der Waals surface area contributed by atoms with Crippen molar-refractivity contribution < 1.29 is 14.7 Å². The van der Waals surface area contributed by atoms with E-state index in [1.807, 2.05) is 19.2 Å². The molecule has 5 nitrogen and oxygen atoms in total. The second-order valence-corrected chi connectivity index (χ2v) is 4.40. The molecule has 1 aromatic rings. The number of thiazole rings is 1. The van der Waals surface area contributed by atoms with Crippen molar-refractivity contribution >= 4 is 23.2 Å².